The molecule has 0 saturated heterocycles. The van der Waals surface area contributed by atoms with Crippen molar-refractivity contribution >= 4 is 16.9 Å². The molecule has 0 spiro atoms. The van der Waals surface area contributed by atoms with Crippen molar-refractivity contribution in [1.82, 2.24) is 9.97 Å². The van der Waals surface area contributed by atoms with Crippen LogP contribution in [-0.2, 0) is 6.42 Å². The van der Waals surface area contributed by atoms with Gasteiger partial charge in [-0.05, 0) is 18.1 Å². The van der Waals surface area contributed by atoms with Gasteiger partial charge in [-0.15, -0.1) is 0 Å². The minimum Gasteiger partial charge on any atom is -0.372 e. The number of fused-ring (bicyclic) bond motifs is 1. The highest BCUT2D eigenvalue weighted by molar-refractivity contribution is 5.79. The van der Waals surface area contributed by atoms with Crippen molar-refractivity contribution in [3.05, 3.63) is 30.0 Å². The molecular formula is C13H19N3. The number of aryl methyl sites for hydroxylation is 1. The van der Waals surface area contributed by atoms with Crippen LogP contribution in [0.3, 0.4) is 0 Å². The summed E-state index contributed by atoms with van der Waals surface area (Å²) in [4.78, 5) is 8.83. The molecular weight excluding hydrogens is 198 g/mol. The second-order valence-corrected chi connectivity index (χ2v) is 3.14. The van der Waals surface area contributed by atoms with Crippen LogP contribution in [0.5, 0.6) is 0 Å². The summed E-state index contributed by atoms with van der Waals surface area (Å²) in [5, 5.41) is 2.98. The van der Waals surface area contributed by atoms with E-state index in [1.807, 2.05) is 33.0 Å². The topological polar surface area (TPSA) is 37.8 Å². The van der Waals surface area contributed by atoms with E-state index in [1.165, 1.54) is 5.56 Å². The van der Waals surface area contributed by atoms with Crippen LogP contribution in [0.2, 0.25) is 0 Å². The summed E-state index contributed by atoms with van der Waals surface area (Å²) in [5.41, 5.74) is 3.21. The third kappa shape index (κ3) is 2.48. The van der Waals surface area contributed by atoms with Gasteiger partial charge < -0.3 is 5.32 Å². The Labute approximate surface area is 96.9 Å². The van der Waals surface area contributed by atoms with E-state index in [4.69, 9.17) is 0 Å². The molecule has 86 valence electrons. The fraction of sp³-hybridized carbons (Fsp3) is 0.385. The van der Waals surface area contributed by atoms with Crippen LogP contribution in [0, 0.1) is 0 Å². The first kappa shape index (κ1) is 12.4. The Morgan fingerprint density at radius 3 is 2.62 bits per heavy atom. The minimum absolute atomic E-state index is 0.811. The van der Waals surface area contributed by atoms with Crippen LogP contribution in [0.1, 0.15) is 26.3 Å². The maximum absolute atomic E-state index is 4.43. The standard InChI is InChI=1S/C11H13N3.C2H6/c1-3-8-5-4-6-9-11(8)13-7-10(12-2)14-9;1-2/h4-7H,3H2,1-2H3,(H,12,14);1-2H3. The van der Waals surface area contributed by atoms with E-state index in [1.54, 1.807) is 6.20 Å². The zero-order valence-corrected chi connectivity index (χ0v) is 10.4. The maximum Gasteiger partial charge on any atom is 0.144 e. The van der Waals surface area contributed by atoms with Crippen LogP contribution in [-0.4, -0.2) is 17.0 Å². The summed E-state index contributed by atoms with van der Waals surface area (Å²) in [7, 11) is 1.85. The van der Waals surface area contributed by atoms with Gasteiger partial charge in [0.15, 0.2) is 0 Å². The molecule has 0 saturated carbocycles. The van der Waals surface area contributed by atoms with Crippen molar-refractivity contribution in [3.8, 4) is 0 Å². The number of nitrogens with zero attached hydrogens (tertiary/aromatic N) is 2. The molecule has 0 amide bonds. The largest absolute Gasteiger partial charge is 0.372 e. The minimum atomic E-state index is 0.811. The van der Waals surface area contributed by atoms with Crippen molar-refractivity contribution < 1.29 is 0 Å². The monoisotopic (exact) mass is 217 g/mol. The molecule has 1 aromatic carbocycles. The Kier molecular flexibility index (Phi) is 4.70. The lowest BCUT2D eigenvalue weighted by Gasteiger charge is -2.04. The molecule has 0 radical (unpaired) electrons. The van der Waals surface area contributed by atoms with Gasteiger partial charge in [0.2, 0.25) is 0 Å². The van der Waals surface area contributed by atoms with E-state index in [0.717, 1.165) is 23.3 Å². The Morgan fingerprint density at radius 2 is 2.00 bits per heavy atom. The van der Waals surface area contributed by atoms with Crippen LogP contribution in [0.4, 0.5) is 5.82 Å². The molecule has 16 heavy (non-hydrogen) atoms. The van der Waals surface area contributed by atoms with Crippen molar-refractivity contribution in [2.24, 2.45) is 0 Å². The van der Waals surface area contributed by atoms with Gasteiger partial charge >= 0.3 is 0 Å². The molecule has 0 aliphatic carbocycles. The SMILES string of the molecule is CC.CCc1cccc2nc(NC)cnc12. The number of aromatic nitrogens is 2. The highest BCUT2D eigenvalue weighted by Gasteiger charge is 2.01. The molecule has 2 rings (SSSR count). The van der Waals surface area contributed by atoms with Gasteiger partial charge in [-0.2, -0.15) is 0 Å². The first-order valence-corrected chi connectivity index (χ1v) is 5.77. The van der Waals surface area contributed by atoms with Crippen LogP contribution >= 0.6 is 0 Å². The highest BCUT2D eigenvalue weighted by atomic mass is 15.0. The second-order valence-electron chi connectivity index (χ2n) is 3.14. The zero-order valence-electron chi connectivity index (χ0n) is 10.4. The Balaban J connectivity index is 0.000000606. The lowest BCUT2D eigenvalue weighted by molar-refractivity contribution is 1.13. The predicted octanol–water partition coefficient (Wildman–Crippen LogP) is 3.26. The van der Waals surface area contributed by atoms with Gasteiger partial charge in [-0.25, -0.2) is 4.98 Å². The molecule has 3 heteroatoms. The molecule has 0 fully saturated rings. The summed E-state index contributed by atoms with van der Waals surface area (Å²) in [6.45, 7) is 6.13. The summed E-state index contributed by atoms with van der Waals surface area (Å²) >= 11 is 0. The van der Waals surface area contributed by atoms with Crippen molar-refractivity contribution in [1.29, 1.82) is 0 Å². The number of anilines is 1. The third-order valence-electron chi connectivity index (χ3n) is 2.29. The van der Waals surface area contributed by atoms with Gasteiger partial charge in [0.05, 0.1) is 17.2 Å². The average molecular weight is 217 g/mol. The fourth-order valence-corrected chi connectivity index (χ4v) is 1.51. The number of para-hydroxylation sites is 1. The molecule has 0 aliphatic rings. The Morgan fingerprint density at radius 1 is 1.25 bits per heavy atom. The zero-order chi connectivity index (χ0) is 12.0. The van der Waals surface area contributed by atoms with E-state index < -0.39 is 0 Å². The van der Waals surface area contributed by atoms with Crippen molar-refractivity contribution in [2.45, 2.75) is 27.2 Å². The molecule has 0 aliphatic heterocycles. The molecule has 1 N–H and O–H groups in total. The van der Waals surface area contributed by atoms with E-state index in [0.29, 0.717) is 0 Å². The molecule has 0 bridgehead atoms. The lowest BCUT2D eigenvalue weighted by atomic mass is 10.1. The van der Waals surface area contributed by atoms with Crippen LogP contribution in [0.15, 0.2) is 24.4 Å². The van der Waals surface area contributed by atoms with Crippen molar-refractivity contribution in [3.63, 3.8) is 0 Å². The predicted molar refractivity (Wildman–Crippen MR) is 69.8 cm³/mol. The highest BCUT2D eigenvalue weighted by Crippen LogP contribution is 2.16. The number of nitrogens with one attached hydrogen (secondary N) is 1. The molecule has 1 heterocycles. The number of hydrogen-bond acceptors (Lipinski definition) is 3. The van der Waals surface area contributed by atoms with Gasteiger partial charge in [0.25, 0.3) is 0 Å². The first-order chi connectivity index (χ1) is 7.85. The normalized spacial score (nSPS) is 9.50. The fourth-order valence-electron chi connectivity index (χ4n) is 1.51. The van der Waals surface area contributed by atoms with Crippen LogP contribution < -0.4 is 5.32 Å². The molecule has 3 nitrogen and oxygen atoms in total. The van der Waals surface area contributed by atoms with Gasteiger partial charge in [-0.1, -0.05) is 32.9 Å². The lowest BCUT2D eigenvalue weighted by Crippen LogP contribution is -1.95. The third-order valence-corrected chi connectivity index (χ3v) is 2.29. The first-order valence-electron chi connectivity index (χ1n) is 5.77. The maximum atomic E-state index is 4.43. The molecule has 2 aromatic rings. The van der Waals surface area contributed by atoms with E-state index >= 15 is 0 Å². The number of hydrogen-bond donors (Lipinski definition) is 1. The van der Waals surface area contributed by atoms with E-state index in [-0.39, 0.29) is 0 Å². The van der Waals surface area contributed by atoms with Crippen molar-refractivity contribution in [2.75, 3.05) is 12.4 Å². The summed E-state index contributed by atoms with van der Waals surface area (Å²) < 4.78 is 0. The molecule has 0 unspecified atom stereocenters. The molecule has 1 aromatic heterocycles. The number of rotatable bonds is 2. The Hall–Kier alpha value is -1.64. The average Bonchev–Trinajstić information content (AvgIpc) is 2.39. The van der Waals surface area contributed by atoms with Gasteiger partial charge in [0.1, 0.15) is 5.82 Å². The summed E-state index contributed by atoms with van der Waals surface area (Å²) in [6.07, 6.45) is 2.76. The molecule has 0 atom stereocenters. The second kappa shape index (κ2) is 6.05. The quantitative estimate of drug-likeness (QED) is 0.839. The smallest absolute Gasteiger partial charge is 0.144 e. The van der Waals surface area contributed by atoms with E-state index in [9.17, 15) is 0 Å². The summed E-state index contributed by atoms with van der Waals surface area (Å²) in [6, 6.07) is 6.10. The van der Waals surface area contributed by atoms with E-state index in [2.05, 4.69) is 28.3 Å². The number of benzene rings is 1. The Bertz CT molecular complexity index is 452. The summed E-state index contributed by atoms with van der Waals surface area (Å²) in [5.74, 6) is 0.811. The van der Waals surface area contributed by atoms with Crippen LogP contribution in [0.25, 0.3) is 11.0 Å². The van der Waals surface area contributed by atoms with Gasteiger partial charge in [0, 0.05) is 7.05 Å². The van der Waals surface area contributed by atoms with Gasteiger partial charge in [-0.3, -0.25) is 4.98 Å².